The summed E-state index contributed by atoms with van der Waals surface area (Å²) in [5.41, 5.74) is 5.43. The van der Waals surface area contributed by atoms with Crippen LogP contribution in [0, 0.1) is 0 Å². The molecule has 0 radical (unpaired) electrons. The number of aromatic nitrogens is 2. The van der Waals surface area contributed by atoms with Crippen LogP contribution < -0.4 is 23.7 Å². The zero-order valence-electron chi connectivity index (χ0n) is 45.1. The molecule has 0 unspecified atom stereocenters. The highest BCUT2D eigenvalue weighted by molar-refractivity contribution is 5.96. The van der Waals surface area contributed by atoms with Gasteiger partial charge in [0.15, 0.2) is 0 Å². The van der Waals surface area contributed by atoms with Gasteiger partial charge in [-0.25, -0.2) is 33.9 Å². The van der Waals surface area contributed by atoms with E-state index in [9.17, 15) is 24.0 Å². The molecule has 0 atom stereocenters. The van der Waals surface area contributed by atoms with Gasteiger partial charge in [-0.3, -0.25) is 0 Å². The van der Waals surface area contributed by atoms with E-state index in [1.807, 2.05) is 54.6 Å². The summed E-state index contributed by atoms with van der Waals surface area (Å²) in [6.45, 7) is 12.8. The first kappa shape index (κ1) is 59.3. The van der Waals surface area contributed by atoms with Crippen LogP contribution in [-0.4, -0.2) is 92.7 Å². The van der Waals surface area contributed by atoms with Crippen LogP contribution in [0.25, 0.3) is 44.7 Å². The van der Waals surface area contributed by atoms with Gasteiger partial charge < -0.3 is 42.6 Å². The Bertz CT molecular complexity index is 3260. The van der Waals surface area contributed by atoms with Crippen LogP contribution >= 0.6 is 0 Å². The van der Waals surface area contributed by atoms with Crippen LogP contribution in [0.3, 0.4) is 0 Å². The summed E-state index contributed by atoms with van der Waals surface area (Å²) in [6, 6.07) is 40.9. The van der Waals surface area contributed by atoms with Crippen LogP contribution in [0.15, 0.2) is 177 Å². The molecule has 1 aromatic heterocycles. The fourth-order valence-electron chi connectivity index (χ4n) is 8.07. The number of carbonyl (C=O) groups excluding carboxylic acids is 5. The SMILES string of the molecule is C=CC(=O)OCCCCCCOc1ccc(OC(=O)c2cccc(-c3nc4ccc(-c5cccc(OCCOCCOC(=O)C=C)c5)cc4nc3-c3cccc(C(=O)Oc4ccc(OCCCCCCOC(=O)C=C)cc4)c3)c2)cc1. The number of rotatable bonds is 33. The molecular weight excluding hydrogens is 1030 g/mol. The van der Waals surface area contributed by atoms with Gasteiger partial charge in [0.2, 0.25) is 0 Å². The maximum atomic E-state index is 13.8. The summed E-state index contributed by atoms with van der Waals surface area (Å²) >= 11 is 0. The van der Waals surface area contributed by atoms with Crippen molar-refractivity contribution in [2.75, 3.05) is 52.9 Å². The molecule has 0 fully saturated rings. The predicted molar refractivity (Wildman–Crippen MR) is 306 cm³/mol. The molecule has 16 nitrogen and oxygen atoms in total. The third-order valence-corrected chi connectivity index (χ3v) is 12.2. The molecule has 0 aliphatic rings. The number of fused-ring (bicyclic) bond motifs is 1. The Labute approximate surface area is 470 Å². The first-order chi connectivity index (χ1) is 39.6. The fourth-order valence-corrected chi connectivity index (χ4v) is 8.07. The average molecular weight is 1100 g/mol. The lowest BCUT2D eigenvalue weighted by molar-refractivity contribution is -0.139. The molecule has 0 amide bonds. The first-order valence-corrected chi connectivity index (χ1v) is 26.7. The highest BCUT2D eigenvalue weighted by Crippen LogP contribution is 2.35. The van der Waals surface area contributed by atoms with E-state index >= 15 is 0 Å². The molecule has 1 heterocycles. The topological polar surface area (TPSA) is 194 Å². The van der Waals surface area contributed by atoms with Crippen molar-refractivity contribution in [2.24, 2.45) is 0 Å². The molecule has 7 aromatic rings. The molecular formula is C65H64N2O14. The Hall–Kier alpha value is -9.41. The van der Waals surface area contributed by atoms with Gasteiger partial charge in [0, 0.05) is 29.4 Å². The van der Waals surface area contributed by atoms with Gasteiger partial charge in [-0.05, 0) is 160 Å². The molecule has 0 saturated carbocycles. The minimum absolute atomic E-state index is 0.112. The number of nitrogens with zero attached hydrogens (tertiary/aromatic N) is 2. The van der Waals surface area contributed by atoms with Gasteiger partial charge in [-0.1, -0.05) is 62.2 Å². The summed E-state index contributed by atoms with van der Waals surface area (Å²) < 4.78 is 49.9. The van der Waals surface area contributed by atoms with Crippen LogP contribution in [0.1, 0.15) is 72.1 Å². The fraction of sp³-hybridized carbons (Fsp3) is 0.246. The molecule has 0 aliphatic carbocycles. The van der Waals surface area contributed by atoms with Crippen molar-refractivity contribution in [1.82, 2.24) is 9.97 Å². The molecule has 0 bridgehead atoms. The average Bonchev–Trinajstić information content (AvgIpc) is 3.69. The summed E-state index contributed by atoms with van der Waals surface area (Å²) in [6.07, 6.45) is 10.2. The van der Waals surface area contributed by atoms with E-state index in [1.165, 1.54) is 0 Å². The highest BCUT2D eigenvalue weighted by Gasteiger charge is 2.19. The maximum absolute atomic E-state index is 13.8. The predicted octanol–water partition coefficient (Wildman–Crippen LogP) is 12.5. The Morgan fingerprint density at radius 1 is 0.358 bits per heavy atom. The van der Waals surface area contributed by atoms with Crippen LogP contribution in [0.2, 0.25) is 0 Å². The van der Waals surface area contributed by atoms with Crippen molar-refractivity contribution >= 4 is 40.9 Å². The van der Waals surface area contributed by atoms with E-state index in [0.717, 1.165) is 80.7 Å². The smallest absolute Gasteiger partial charge is 0.343 e. The maximum Gasteiger partial charge on any atom is 0.343 e. The molecule has 0 saturated heterocycles. The Morgan fingerprint density at radius 3 is 1.30 bits per heavy atom. The van der Waals surface area contributed by atoms with Crippen molar-refractivity contribution < 1.29 is 66.6 Å². The van der Waals surface area contributed by atoms with Gasteiger partial charge in [0.05, 0.1) is 73.2 Å². The Morgan fingerprint density at radius 2 is 0.778 bits per heavy atom. The van der Waals surface area contributed by atoms with E-state index in [4.69, 9.17) is 52.6 Å². The van der Waals surface area contributed by atoms with Crippen LogP contribution in [0.5, 0.6) is 28.7 Å². The molecule has 418 valence electrons. The third kappa shape index (κ3) is 19.2. The number of unbranched alkanes of at least 4 members (excludes halogenated alkanes) is 6. The number of hydrogen-bond acceptors (Lipinski definition) is 16. The highest BCUT2D eigenvalue weighted by atomic mass is 16.6. The van der Waals surface area contributed by atoms with E-state index < -0.39 is 29.8 Å². The van der Waals surface area contributed by atoms with E-state index in [-0.39, 0.29) is 37.6 Å². The lowest BCUT2D eigenvalue weighted by Crippen LogP contribution is -2.12. The van der Waals surface area contributed by atoms with Crippen molar-refractivity contribution in [3.63, 3.8) is 0 Å². The standard InChI is InChI=1S/C65H64N2O14/c1-4-59(68)77-36-13-9-7-11-34-74-52-25-29-54(30-26-52)80-64(71)50-21-15-19-48(42-50)62-63(67-58-45-47(24-33-57(58)66-62)46-18-17-23-56(44-46)76-40-38-73-39-41-79-61(70)6-3)49-20-16-22-51(43-49)65(72)81-55-31-27-53(28-32-55)75-35-12-8-10-14-37-78-60(69)5-2/h4-6,15-33,42-45H,1-3,7-14,34-41H2. The number of esters is 5. The van der Waals surface area contributed by atoms with Crippen molar-refractivity contribution in [1.29, 1.82) is 0 Å². The monoisotopic (exact) mass is 1100 g/mol. The molecule has 0 spiro atoms. The summed E-state index contributed by atoms with van der Waals surface area (Å²) in [4.78, 5) is 71.6. The molecule has 7 rings (SSSR count). The quantitative estimate of drug-likeness (QED) is 0.0124. The van der Waals surface area contributed by atoms with Gasteiger partial charge in [0.1, 0.15) is 42.0 Å². The van der Waals surface area contributed by atoms with E-state index in [2.05, 4.69) is 19.7 Å². The van der Waals surface area contributed by atoms with Gasteiger partial charge in [-0.15, -0.1) is 0 Å². The zero-order valence-corrected chi connectivity index (χ0v) is 45.1. The Balaban J connectivity index is 1.06. The first-order valence-electron chi connectivity index (χ1n) is 26.7. The minimum atomic E-state index is -0.591. The second-order valence-corrected chi connectivity index (χ2v) is 18.1. The third-order valence-electron chi connectivity index (χ3n) is 12.2. The van der Waals surface area contributed by atoms with Gasteiger partial charge >= 0.3 is 29.8 Å². The number of ether oxygens (including phenoxy) is 9. The summed E-state index contributed by atoms with van der Waals surface area (Å²) in [7, 11) is 0. The molecule has 0 N–H and O–H groups in total. The number of hydrogen-bond donors (Lipinski definition) is 0. The summed E-state index contributed by atoms with van der Waals surface area (Å²) in [5.74, 6) is 0.0215. The van der Waals surface area contributed by atoms with Gasteiger partial charge in [-0.2, -0.15) is 0 Å². The molecule has 16 heteroatoms. The van der Waals surface area contributed by atoms with E-state index in [0.29, 0.717) is 88.7 Å². The number of benzene rings is 6. The zero-order chi connectivity index (χ0) is 57.0. The Kier molecular flexibility index (Phi) is 23.3. The number of carbonyl (C=O) groups is 5. The molecule has 6 aromatic carbocycles. The normalized spacial score (nSPS) is 10.7. The van der Waals surface area contributed by atoms with Crippen molar-refractivity contribution in [3.05, 3.63) is 189 Å². The lowest BCUT2D eigenvalue weighted by Gasteiger charge is -2.14. The second-order valence-electron chi connectivity index (χ2n) is 18.1. The van der Waals surface area contributed by atoms with E-state index in [1.54, 1.807) is 84.9 Å². The van der Waals surface area contributed by atoms with Crippen LogP contribution in [-0.2, 0) is 33.3 Å². The lowest BCUT2D eigenvalue weighted by atomic mass is 9.99. The largest absolute Gasteiger partial charge is 0.494 e. The molecule has 81 heavy (non-hydrogen) atoms. The van der Waals surface area contributed by atoms with Crippen LogP contribution in [0.4, 0.5) is 0 Å². The van der Waals surface area contributed by atoms with Crippen molar-refractivity contribution in [2.45, 2.75) is 51.4 Å². The van der Waals surface area contributed by atoms with Crippen molar-refractivity contribution in [3.8, 4) is 62.4 Å². The molecule has 0 aliphatic heterocycles. The van der Waals surface area contributed by atoms with Gasteiger partial charge in [0.25, 0.3) is 0 Å². The second kappa shape index (κ2) is 31.9. The summed E-state index contributed by atoms with van der Waals surface area (Å²) in [5, 5.41) is 0. The minimum Gasteiger partial charge on any atom is -0.494 e.